The molecule has 2 aromatic heterocycles. The number of fused-ring (bicyclic) bond motifs is 1. The molecule has 1 saturated carbocycles. The van der Waals surface area contributed by atoms with Gasteiger partial charge in [0.25, 0.3) is 5.91 Å². The minimum atomic E-state index is -0.415. The van der Waals surface area contributed by atoms with Crippen LogP contribution in [0.3, 0.4) is 0 Å². The summed E-state index contributed by atoms with van der Waals surface area (Å²) in [5.41, 5.74) is 7.68. The molecule has 0 spiro atoms. The second-order valence-electron chi connectivity index (χ2n) is 5.64. The van der Waals surface area contributed by atoms with Crippen molar-refractivity contribution in [3.05, 3.63) is 52.5 Å². The van der Waals surface area contributed by atoms with Crippen molar-refractivity contribution in [1.29, 1.82) is 0 Å². The molecule has 23 heavy (non-hydrogen) atoms. The fourth-order valence-electron chi connectivity index (χ4n) is 2.65. The van der Waals surface area contributed by atoms with Crippen LogP contribution in [-0.2, 0) is 6.54 Å². The van der Waals surface area contributed by atoms with Crippen molar-refractivity contribution in [2.45, 2.75) is 25.3 Å². The number of nitrogens with zero attached hydrogens (tertiary/aromatic N) is 2. The minimum Gasteiger partial charge on any atom is -0.326 e. The van der Waals surface area contributed by atoms with E-state index >= 15 is 0 Å². The van der Waals surface area contributed by atoms with Crippen LogP contribution >= 0.6 is 11.3 Å². The molecule has 3 aromatic rings. The lowest BCUT2D eigenvalue weighted by atomic mass is 10.2. The lowest BCUT2D eigenvalue weighted by Crippen LogP contribution is -2.16. The van der Waals surface area contributed by atoms with Gasteiger partial charge < -0.3 is 11.1 Å². The van der Waals surface area contributed by atoms with Crippen LogP contribution in [0.5, 0.6) is 0 Å². The smallest absolute Gasteiger partial charge is 0.274 e. The number of hydrogen-bond donors (Lipinski definition) is 2. The average Bonchev–Trinajstić information content (AvgIpc) is 3.16. The Labute approximate surface area is 136 Å². The van der Waals surface area contributed by atoms with Gasteiger partial charge in [0, 0.05) is 35.3 Å². The van der Waals surface area contributed by atoms with E-state index in [2.05, 4.69) is 10.3 Å². The predicted octanol–water partition coefficient (Wildman–Crippen LogP) is 3.12. The molecule has 4 rings (SSSR count). The number of imidazole rings is 1. The molecule has 5 nitrogen and oxygen atoms in total. The fraction of sp³-hybridized carbons (Fsp3) is 0.250. The van der Waals surface area contributed by atoms with Crippen molar-refractivity contribution in [2.24, 2.45) is 5.73 Å². The molecular formula is C16H15FN4OS. The van der Waals surface area contributed by atoms with Gasteiger partial charge in [-0.15, -0.1) is 11.3 Å². The molecule has 1 amide bonds. The first-order valence-corrected chi connectivity index (χ1v) is 8.30. The third-order valence-electron chi connectivity index (χ3n) is 4.00. The van der Waals surface area contributed by atoms with E-state index in [1.54, 1.807) is 16.5 Å². The summed E-state index contributed by atoms with van der Waals surface area (Å²) in [5, 5.41) is 4.66. The Kier molecular flexibility index (Phi) is 3.39. The molecule has 1 aliphatic carbocycles. The van der Waals surface area contributed by atoms with E-state index in [0.717, 1.165) is 23.5 Å². The number of nitrogens with one attached hydrogen (secondary N) is 1. The highest BCUT2D eigenvalue weighted by Crippen LogP contribution is 2.42. The number of aromatic nitrogens is 2. The number of benzene rings is 1. The van der Waals surface area contributed by atoms with E-state index in [4.69, 9.17) is 5.73 Å². The van der Waals surface area contributed by atoms with Crippen LogP contribution < -0.4 is 11.1 Å². The maximum absolute atomic E-state index is 13.8. The summed E-state index contributed by atoms with van der Waals surface area (Å²) in [6, 6.07) is 4.54. The number of carbonyl (C=O) groups excluding carboxylic acids is 1. The highest BCUT2D eigenvalue weighted by atomic mass is 32.1. The van der Waals surface area contributed by atoms with E-state index in [1.807, 2.05) is 11.6 Å². The van der Waals surface area contributed by atoms with E-state index in [-0.39, 0.29) is 12.5 Å². The van der Waals surface area contributed by atoms with Gasteiger partial charge in [0.15, 0.2) is 4.96 Å². The Morgan fingerprint density at radius 1 is 1.48 bits per heavy atom. The standard InChI is InChI=1S/C16H15FN4OS/c17-12-7-11(4-3-10(12)8-18)19-15(22)14-13(9-1-2-9)20-16-21(14)5-6-23-16/h3-7,9H,1-2,8,18H2,(H,19,22). The first kappa shape index (κ1) is 14.3. The Morgan fingerprint density at radius 3 is 3.00 bits per heavy atom. The van der Waals surface area contributed by atoms with Crippen molar-refractivity contribution >= 4 is 27.9 Å². The van der Waals surface area contributed by atoms with Gasteiger partial charge in [0.2, 0.25) is 0 Å². The van der Waals surface area contributed by atoms with Crippen LogP contribution in [0.2, 0.25) is 0 Å². The van der Waals surface area contributed by atoms with Gasteiger partial charge in [0.05, 0.1) is 5.69 Å². The number of rotatable bonds is 4. The molecule has 1 fully saturated rings. The number of hydrogen-bond acceptors (Lipinski definition) is 4. The summed E-state index contributed by atoms with van der Waals surface area (Å²) < 4.78 is 15.6. The minimum absolute atomic E-state index is 0.129. The zero-order chi connectivity index (χ0) is 16.0. The molecule has 1 aromatic carbocycles. The normalized spacial score (nSPS) is 14.3. The van der Waals surface area contributed by atoms with E-state index in [9.17, 15) is 9.18 Å². The lowest BCUT2D eigenvalue weighted by molar-refractivity contribution is 0.102. The number of thiazole rings is 1. The van der Waals surface area contributed by atoms with Crippen LogP contribution in [0.15, 0.2) is 29.8 Å². The van der Waals surface area contributed by atoms with Crippen LogP contribution in [0.4, 0.5) is 10.1 Å². The highest BCUT2D eigenvalue weighted by Gasteiger charge is 2.33. The molecule has 2 heterocycles. The number of nitrogens with two attached hydrogens (primary N) is 1. The summed E-state index contributed by atoms with van der Waals surface area (Å²) in [7, 11) is 0. The van der Waals surface area contributed by atoms with Crippen LogP contribution in [0, 0.1) is 5.82 Å². The molecule has 3 N–H and O–H groups in total. The van der Waals surface area contributed by atoms with E-state index in [0.29, 0.717) is 22.9 Å². The topological polar surface area (TPSA) is 72.4 Å². The van der Waals surface area contributed by atoms with Gasteiger partial charge in [-0.25, -0.2) is 9.37 Å². The van der Waals surface area contributed by atoms with Crippen molar-refractivity contribution in [3.63, 3.8) is 0 Å². The average molecular weight is 330 g/mol. The second-order valence-corrected chi connectivity index (χ2v) is 6.51. The quantitative estimate of drug-likeness (QED) is 0.772. The molecule has 0 unspecified atom stereocenters. The van der Waals surface area contributed by atoms with Crippen molar-refractivity contribution in [1.82, 2.24) is 9.38 Å². The Bertz CT molecular complexity index is 897. The Hall–Kier alpha value is -2.25. The predicted molar refractivity (Wildman–Crippen MR) is 87.3 cm³/mol. The summed E-state index contributed by atoms with van der Waals surface area (Å²) in [6.07, 6.45) is 3.96. The third kappa shape index (κ3) is 2.51. The van der Waals surface area contributed by atoms with Gasteiger partial charge in [0.1, 0.15) is 11.5 Å². The van der Waals surface area contributed by atoms with Crippen molar-refractivity contribution in [2.75, 3.05) is 5.32 Å². The van der Waals surface area contributed by atoms with Crippen LogP contribution in [0.1, 0.15) is 40.5 Å². The Balaban J connectivity index is 1.68. The SMILES string of the molecule is NCc1ccc(NC(=O)c2c(C3CC3)nc3sccn23)cc1F. The number of carbonyl (C=O) groups is 1. The molecule has 0 bridgehead atoms. The monoisotopic (exact) mass is 330 g/mol. The molecule has 0 aliphatic heterocycles. The summed E-state index contributed by atoms with van der Waals surface area (Å²) in [6.45, 7) is 0.129. The Morgan fingerprint density at radius 2 is 2.30 bits per heavy atom. The maximum atomic E-state index is 13.8. The molecular weight excluding hydrogens is 315 g/mol. The number of amides is 1. The van der Waals surface area contributed by atoms with Gasteiger partial charge in [-0.3, -0.25) is 9.20 Å². The molecule has 118 valence electrons. The van der Waals surface area contributed by atoms with Crippen LogP contribution in [-0.4, -0.2) is 15.3 Å². The molecule has 7 heteroatoms. The summed E-state index contributed by atoms with van der Waals surface area (Å²) >= 11 is 1.50. The second kappa shape index (κ2) is 5.43. The highest BCUT2D eigenvalue weighted by molar-refractivity contribution is 7.15. The molecule has 1 aliphatic rings. The number of anilines is 1. The molecule has 0 radical (unpaired) electrons. The zero-order valence-corrected chi connectivity index (χ0v) is 13.1. The third-order valence-corrected chi connectivity index (χ3v) is 4.76. The van der Waals surface area contributed by atoms with Gasteiger partial charge in [-0.2, -0.15) is 0 Å². The molecule has 0 saturated heterocycles. The zero-order valence-electron chi connectivity index (χ0n) is 12.3. The first-order chi connectivity index (χ1) is 11.2. The van der Waals surface area contributed by atoms with Crippen molar-refractivity contribution in [3.8, 4) is 0 Å². The lowest BCUT2D eigenvalue weighted by Gasteiger charge is -2.08. The van der Waals surface area contributed by atoms with Gasteiger partial charge in [-0.05, 0) is 25.0 Å². The summed E-state index contributed by atoms with van der Waals surface area (Å²) in [5.74, 6) is -0.321. The largest absolute Gasteiger partial charge is 0.326 e. The van der Waals surface area contributed by atoms with Gasteiger partial charge >= 0.3 is 0 Å². The van der Waals surface area contributed by atoms with Crippen LogP contribution in [0.25, 0.3) is 4.96 Å². The van der Waals surface area contributed by atoms with E-state index < -0.39 is 5.82 Å². The first-order valence-electron chi connectivity index (χ1n) is 7.42. The fourth-order valence-corrected chi connectivity index (χ4v) is 3.37. The van der Waals surface area contributed by atoms with Crippen molar-refractivity contribution < 1.29 is 9.18 Å². The number of halogens is 1. The maximum Gasteiger partial charge on any atom is 0.274 e. The van der Waals surface area contributed by atoms with E-state index in [1.165, 1.54) is 17.4 Å². The van der Waals surface area contributed by atoms with Gasteiger partial charge in [-0.1, -0.05) is 6.07 Å². The molecule has 0 atom stereocenters. The summed E-state index contributed by atoms with van der Waals surface area (Å²) in [4.78, 5) is 18.1.